The molecule has 2 nitrogen and oxygen atoms in total. The minimum atomic E-state index is 0.456. The zero-order valence-electron chi connectivity index (χ0n) is 6.40. The molecule has 1 aromatic heterocycles. The van der Waals surface area contributed by atoms with Crippen molar-refractivity contribution in [1.82, 2.24) is 10.3 Å². The van der Waals surface area contributed by atoms with Gasteiger partial charge >= 0.3 is 0 Å². The first-order valence-corrected chi connectivity index (χ1v) is 4.03. The highest BCUT2D eigenvalue weighted by Crippen LogP contribution is 2.23. The standard InChI is InChI=1S/C9H11N2/c1-2-9(11-5-1)8-3-6-10-7-4-8/h3-4,6-7,9H,1-2,5H2. The molecule has 0 amide bonds. The number of hydrogen-bond acceptors (Lipinski definition) is 1. The molecule has 0 saturated carbocycles. The fourth-order valence-electron chi connectivity index (χ4n) is 1.48. The highest BCUT2D eigenvalue weighted by atomic mass is 14.9. The molecule has 1 radical (unpaired) electrons. The van der Waals surface area contributed by atoms with Crippen molar-refractivity contribution in [2.75, 3.05) is 6.54 Å². The number of aromatic nitrogens is 1. The van der Waals surface area contributed by atoms with Gasteiger partial charge in [0, 0.05) is 25.0 Å². The Morgan fingerprint density at radius 1 is 1.27 bits per heavy atom. The van der Waals surface area contributed by atoms with E-state index in [0.717, 1.165) is 6.54 Å². The minimum Gasteiger partial charge on any atom is -0.265 e. The van der Waals surface area contributed by atoms with Gasteiger partial charge in [0.2, 0.25) is 0 Å². The summed E-state index contributed by atoms with van der Waals surface area (Å²) in [7, 11) is 0. The van der Waals surface area contributed by atoms with Crippen LogP contribution in [0.1, 0.15) is 24.4 Å². The molecule has 57 valence electrons. The molecule has 11 heavy (non-hydrogen) atoms. The van der Waals surface area contributed by atoms with E-state index in [-0.39, 0.29) is 0 Å². The maximum atomic E-state index is 4.48. The summed E-state index contributed by atoms with van der Waals surface area (Å²) >= 11 is 0. The lowest BCUT2D eigenvalue weighted by atomic mass is 10.1. The maximum absolute atomic E-state index is 4.48. The van der Waals surface area contributed by atoms with Crippen LogP contribution in [0.15, 0.2) is 24.5 Å². The molecule has 1 atom stereocenters. The highest BCUT2D eigenvalue weighted by Gasteiger charge is 2.16. The van der Waals surface area contributed by atoms with Gasteiger partial charge in [0.05, 0.1) is 0 Å². The Bertz CT molecular complexity index is 214. The Hall–Kier alpha value is -0.890. The first-order chi connectivity index (χ1) is 5.47. The van der Waals surface area contributed by atoms with Crippen molar-refractivity contribution in [2.45, 2.75) is 18.9 Å². The van der Waals surface area contributed by atoms with Crippen LogP contribution in [0.4, 0.5) is 0 Å². The van der Waals surface area contributed by atoms with Crippen LogP contribution in [0.25, 0.3) is 0 Å². The third kappa shape index (κ3) is 1.40. The first kappa shape index (κ1) is 6.80. The zero-order valence-corrected chi connectivity index (χ0v) is 6.40. The van der Waals surface area contributed by atoms with E-state index in [4.69, 9.17) is 0 Å². The van der Waals surface area contributed by atoms with Crippen LogP contribution in [-0.4, -0.2) is 11.5 Å². The van der Waals surface area contributed by atoms with Crippen LogP contribution in [-0.2, 0) is 0 Å². The van der Waals surface area contributed by atoms with E-state index in [1.165, 1.54) is 18.4 Å². The van der Waals surface area contributed by atoms with E-state index in [2.05, 4.69) is 22.4 Å². The van der Waals surface area contributed by atoms with E-state index >= 15 is 0 Å². The maximum Gasteiger partial charge on any atom is 0.0497 e. The third-order valence-electron chi connectivity index (χ3n) is 2.08. The lowest BCUT2D eigenvalue weighted by molar-refractivity contribution is 0.634. The molecular weight excluding hydrogens is 136 g/mol. The molecule has 0 N–H and O–H groups in total. The third-order valence-corrected chi connectivity index (χ3v) is 2.08. The van der Waals surface area contributed by atoms with Gasteiger partial charge in [-0.2, -0.15) is 0 Å². The Morgan fingerprint density at radius 2 is 2.09 bits per heavy atom. The lowest BCUT2D eigenvalue weighted by Gasteiger charge is -2.06. The van der Waals surface area contributed by atoms with Gasteiger partial charge in [0.25, 0.3) is 0 Å². The van der Waals surface area contributed by atoms with Crippen LogP contribution in [0.2, 0.25) is 0 Å². The molecule has 2 rings (SSSR count). The van der Waals surface area contributed by atoms with Gasteiger partial charge in [-0.1, -0.05) is 0 Å². The average molecular weight is 147 g/mol. The smallest absolute Gasteiger partial charge is 0.0497 e. The van der Waals surface area contributed by atoms with E-state index in [9.17, 15) is 0 Å². The van der Waals surface area contributed by atoms with Crippen molar-refractivity contribution in [3.05, 3.63) is 30.1 Å². The Morgan fingerprint density at radius 3 is 2.73 bits per heavy atom. The van der Waals surface area contributed by atoms with Crippen molar-refractivity contribution in [3.8, 4) is 0 Å². The molecule has 0 spiro atoms. The Kier molecular flexibility index (Phi) is 1.86. The quantitative estimate of drug-likeness (QED) is 0.591. The average Bonchev–Trinajstić information content (AvgIpc) is 2.58. The summed E-state index contributed by atoms with van der Waals surface area (Å²) in [4.78, 5) is 3.98. The van der Waals surface area contributed by atoms with Crippen molar-refractivity contribution < 1.29 is 0 Å². The molecule has 1 aliphatic rings. The van der Waals surface area contributed by atoms with Gasteiger partial charge in [0.15, 0.2) is 0 Å². The van der Waals surface area contributed by atoms with Crippen LogP contribution < -0.4 is 5.32 Å². The second kappa shape index (κ2) is 3.01. The molecule has 2 heterocycles. The molecule has 1 aromatic rings. The summed E-state index contributed by atoms with van der Waals surface area (Å²) in [5.74, 6) is 0. The number of pyridine rings is 1. The first-order valence-electron chi connectivity index (χ1n) is 4.03. The van der Waals surface area contributed by atoms with E-state index in [1.54, 1.807) is 0 Å². The Labute approximate surface area is 66.7 Å². The normalized spacial score (nSPS) is 23.8. The summed E-state index contributed by atoms with van der Waals surface area (Å²) in [5, 5.41) is 4.48. The number of hydrogen-bond donors (Lipinski definition) is 0. The molecule has 1 aliphatic heterocycles. The monoisotopic (exact) mass is 147 g/mol. The molecule has 1 fully saturated rings. The van der Waals surface area contributed by atoms with Crippen molar-refractivity contribution in [1.29, 1.82) is 0 Å². The van der Waals surface area contributed by atoms with Gasteiger partial charge in [-0.3, -0.25) is 4.98 Å². The summed E-state index contributed by atoms with van der Waals surface area (Å²) in [6.07, 6.45) is 6.13. The van der Waals surface area contributed by atoms with E-state index in [0.29, 0.717) is 6.04 Å². The van der Waals surface area contributed by atoms with Gasteiger partial charge in [0.1, 0.15) is 0 Å². The molecular formula is C9H11N2. The second-order valence-corrected chi connectivity index (χ2v) is 2.84. The molecule has 1 saturated heterocycles. The van der Waals surface area contributed by atoms with Gasteiger partial charge in [-0.15, -0.1) is 0 Å². The van der Waals surface area contributed by atoms with Crippen LogP contribution >= 0.6 is 0 Å². The van der Waals surface area contributed by atoms with Crippen LogP contribution in [0.3, 0.4) is 0 Å². The Balaban J connectivity index is 2.16. The van der Waals surface area contributed by atoms with Gasteiger partial charge < -0.3 is 0 Å². The topological polar surface area (TPSA) is 27.0 Å². The lowest BCUT2D eigenvalue weighted by Crippen LogP contribution is -2.04. The van der Waals surface area contributed by atoms with Crippen molar-refractivity contribution in [2.24, 2.45) is 0 Å². The molecule has 0 bridgehead atoms. The summed E-state index contributed by atoms with van der Waals surface area (Å²) in [6.45, 7) is 1.03. The van der Waals surface area contributed by atoms with Crippen LogP contribution in [0, 0.1) is 0 Å². The van der Waals surface area contributed by atoms with E-state index in [1.807, 2.05) is 12.4 Å². The largest absolute Gasteiger partial charge is 0.265 e. The fourth-order valence-corrected chi connectivity index (χ4v) is 1.48. The summed E-state index contributed by atoms with van der Waals surface area (Å²) in [5.41, 5.74) is 1.32. The molecule has 2 heteroatoms. The predicted octanol–water partition coefficient (Wildman–Crippen LogP) is 1.52. The highest BCUT2D eigenvalue weighted by molar-refractivity contribution is 5.15. The number of rotatable bonds is 1. The second-order valence-electron chi connectivity index (χ2n) is 2.84. The SMILES string of the molecule is c1cc(C2CCC[N]2)ccn1. The summed E-state index contributed by atoms with van der Waals surface area (Å²) < 4.78 is 0. The molecule has 0 aliphatic carbocycles. The van der Waals surface area contributed by atoms with Crippen LogP contribution in [0.5, 0.6) is 0 Å². The zero-order chi connectivity index (χ0) is 7.52. The molecule has 0 aromatic carbocycles. The van der Waals surface area contributed by atoms with Crippen molar-refractivity contribution >= 4 is 0 Å². The fraction of sp³-hybridized carbons (Fsp3) is 0.444. The minimum absolute atomic E-state index is 0.456. The summed E-state index contributed by atoms with van der Waals surface area (Å²) in [6, 6.07) is 4.57. The number of nitrogens with zero attached hydrogens (tertiary/aromatic N) is 2. The van der Waals surface area contributed by atoms with E-state index < -0.39 is 0 Å². The van der Waals surface area contributed by atoms with Crippen molar-refractivity contribution in [3.63, 3.8) is 0 Å². The van der Waals surface area contributed by atoms with Gasteiger partial charge in [-0.05, 0) is 30.5 Å². The van der Waals surface area contributed by atoms with Gasteiger partial charge in [-0.25, -0.2) is 5.32 Å². The molecule has 1 unspecified atom stereocenters. The predicted molar refractivity (Wildman–Crippen MR) is 43.2 cm³/mol.